The van der Waals surface area contributed by atoms with Gasteiger partial charge in [-0.1, -0.05) is 0 Å². The Balaban J connectivity index is -0.000000187. The quantitative estimate of drug-likeness (QED) is 0.684. The molecule has 0 unspecified atom stereocenters. The molecule has 0 fully saturated rings. The molecule has 0 bridgehead atoms. The third-order valence-corrected chi connectivity index (χ3v) is 1.01. The van der Waals surface area contributed by atoms with Crippen LogP contribution in [0.3, 0.4) is 0 Å². The molecule has 0 aliphatic rings. The van der Waals surface area contributed by atoms with Crippen LogP contribution in [0.4, 0.5) is 0 Å². The topological polar surface area (TPSA) is 49.4 Å². The first kappa shape index (κ1) is 19.7. The Labute approximate surface area is 103 Å². The maximum absolute atomic E-state index is 3.94. The van der Waals surface area contributed by atoms with Crippen molar-refractivity contribution in [3.8, 4) is 0 Å². The molecule has 0 N–H and O–H groups in total. The summed E-state index contributed by atoms with van der Waals surface area (Å²) >= 11 is 0. The van der Waals surface area contributed by atoms with Gasteiger partial charge in [-0.05, 0) is 13.8 Å². The second-order valence-corrected chi connectivity index (χ2v) is 2.11. The van der Waals surface area contributed by atoms with E-state index in [2.05, 4.69) is 20.0 Å². The molecule has 0 amide bonds. The zero-order chi connectivity index (χ0) is 11.1. The molecule has 0 saturated heterocycles. The number of hydrogen-bond acceptors (Lipinski definition) is 4. The SMILES string of the molecule is CCN=CC=NCC.CN=CC=NC.[Co]. The Bertz CT molecular complexity index is 176. The molecule has 0 aliphatic carbocycles. The Morgan fingerprint density at radius 1 is 0.733 bits per heavy atom. The normalized spacial score (nSPS) is 10.9. The number of aliphatic imine (C=N–C) groups is 4. The van der Waals surface area contributed by atoms with Gasteiger partial charge in [0, 0.05) is 68.8 Å². The van der Waals surface area contributed by atoms with Gasteiger partial charge in [0.1, 0.15) is 0 Å². The van der Waals surface area contributed by atoms with Crippen LogP contribution in [0, 0.1) is 0 Å². The van der Waals surface area contributed by atoms with Crippen LogP contribution < -0.4 is 0 Å². The van der Waals surface area contributed by atoms with Crippen LogP contribution in [0.15, 0.2) is 20.0 Å². The molecule has 0 aromatic heterocycles. The average molecular weight is 255 g/mol. The van der Waals surface area contributed by atoms with Crippen molar-refractivity contribution in [2.75, 3.05) is 27.2 Å². The van der Waals surface area contributed by atoms with Crippen molar-refractivity contribution in [3.05, 3.63) is 0 Å². The Morgan fingerprint density at radius 3 is 1.27 bits per heavy atom. The van der Waals surface area contributed by atoms with Crippen molar-refractivity contribution in [2.45, 2.75) is 13.8 Å². The third-order valence-electron chi connectivity index (χ3n) is 1.01. The molecule has 0 saturated carbocycles. The van der Waals surface area contributed by atoms with Gasteiger partial charge in [-0.2, -0.15) is 0 Å². The molecule has 1 radical (unpaired) electrons. The van der Waals surface area contributed by atoms with Gasteiger partial charge in [0.05, 0.1) is 0 Å². The Kier molecular flexibility index (Phi) is 30.5. The van der Waals surface area contributed by atoms with Gasteiger partial charge >= 0.3 is 0 Å². The summed E-state index contributed by atoms with van der Waals surface area (Å²) in [7, 11) is 3.42. The van der Waals surface area contributed by atoms with Crippen molar-refractivity contribution in [1.82, 2.24) is 0 Å². The molecule has 89 valence electrons. The van der Waals surface area contributed by atoms with Gasteiger partial charge in [0.15, 0.2) is 0 Å². The van der Waals surface area contributed by atoms with E-state index in [0.717, 1.165) is 13.1 Å². The molecule has 0 rings (SSSR count). The summed E-state index contributed by atoms with van der Waals surface area (Å²) in [5, 5.41) is 0. The minimum absolute atomic E-state index is 0. The van der Waals surface area contributed by atoms with E-state index in [1.165, 1.54) is 0 Å². The van der Waals surface area contributed by atoms with Crippen LogP contribution in [-0.4, -0.2) is 52.0 Å². The van der Waals surface area contributed by atoms with Crippen molar-refractivity contribution in [3.63, 3.8) is 0 Å². The number of nitrogens with zero attached hydrogens (tertiary/aromatic N) is 4. The van der Waals surface area contributed by atoms with E-state index in [1.54, 1.807) is 39.0 Å². The summed E-state index contributed by atoms with van der Waals surface area (Å²) in [5.74, 6) is 0. The first-order chi connectivity index (χ1) is 6.83. The zero-order valence-electron chi connectivity index (χ0n) is 9.85. The van der Waals surface area contributed by atoms with Crippen LogP contribution in [0.2, 0.25) is 0 Å². The number of rotatable bonds is 4. The molecule has 0 heterocycles. The largest absolute Gasteiger partial charge is 0.295 e. The Hall–Kier alpha value is -0.814. The van der Waals surface area contributed by atoms with Crippen LogP contribution in [0.1, 0.15) is 13.8 Å². The monoisotopic (exact) mass is 255 g/mol. The second-order valence-electron chi connectivity index (χ2n) is 2.11. The molecule has 4 nitrogen and oxygen atoms in total. The van der Waals surface area contributed by atoms with E-state index in [0.29, 0.717) is 0 Å². The summed E-state index contributed by atoms with van der Waals surface area (Å²) in [5.41, 5.74) is 0. The van der Waals surface area contributed by atoms with Crippen molar-refractivity contribution < 1.29 is 16.8 Å². The molecule has 0 aromatic rings. The van der Waals surface area contributed by atoms with Gasteiger partial charge in [-0.3, -0.25) is 20.0 Å². The summed E-state index contributed by atoms with van der Waals surface area (Å²) < 4.78 is 0. The molecular formula is C10H20CoN4. The van der Waals surface area contributed by atoms with E-state index >= 15 is 0 Å². The van der Waals surface area contributed by atoms with E-state index in [9.17, 15) is 0 Å². The standard InChI is InChI=1S/C6H12N2.C4H8N2.Co/c1-3-7-5-6-8-4-2;1-5-3-4-6-2;/h5-6H,3-4H2,1-2H3;3-4H,1-2H3;. The molecule has 0 aliphatic heterocycles. The minimum Gasteiger partial charge on any atom is -0.295 e. The minimum atomic E-state index is 0. The van der Waals surface area contributed by atoms with Crippen LogP contribution in [0.5, 0.6) is 0 Å². The molecule has 0 atom stereocenters. The molecule has 15 heavy (non-hydrogen) atoms. The van der Waals surface area contributed by atoms with Crippen LogP contribution >= 0.6 is 0 Å². The molecular weight excluding hydrogens is 235 g/mol. The maximum Gasteiger partial charge on any atom is 0.0390 e. The maximum atomic E-state index is 3.94. The summed E-state index contributed by atoms with van der Waals surface area (Å²) in [4.78, 5) is 15.2. The van der Waals surface area contributed by atoms with E-state index in [-0.39, 0.29) is 16.8 Å². The Morgan fingerprint density at radius 2 is 1.07 bits per heavy atom. The first-order valence-electron chi connectivity index (χ1n) is 4.64. The predicted molar refractivity (Wildman–Crippen MR) is 66.9 cm³/mol. The van der Waals surface area contributed by atoms with Crippen molar-refractivity contribution in [2.24, 2.45) is 20.0 Å². The van der Waals surface area contributed by atoms with Crippen molar-refractivity contribution >= 4 is 24.9 Å². The predicted octanol–water partition coefficient (Wildman–Crippen LogP) is 1.55. The van der Waals surface area contributed by atoms with E-state index in [4.69, 9.17) is 0 Å². The summed E-state index contributed by atoms with van der Waals surface area (Å²) in [6, 6.07) is 0. The van der Waals surface area contributed by atoms with Gasteiger partial charge in [-0.15, -0.1) is 0 Å². The van der Waals surface area contributed by atoms with Crippen molar-refractivity contribution in [1.29, 1.82) is 0 Å². The zero-order valence-corrected chi connectivity index (χ0v) is 10.9. The second kappa shape index (κ2) is 23.2. The van der Waals surface area contributed by atoms with Gasteiger partial charge in [0.25, 0.3) is 0 Å². The van der Waals surface area contributed by atoms with Crippen LogP contribution in [-0.2, 0) is 16.8 Å². The number of hydrogen-bond donors (Lipinski definition) is 0. The summed E-state index contributed by atoms with van der Waals surface area (Å²) in [6.07, 6.45) is 6.73. The molecule has 0 aromatic carbocycles. The van der Waals surface area contributed by atoms with Crippen LogP contribution in [0.25, 0.3) is 0 Å². The van der Waals surface area contributed by atoms with E-state index < -0.39 is 0 Å². The summed E-state index contributed by atoms with van der Waals surface area (Å²) in [6.45, 7) is 5.68. The molecule has 0 spiro atoms. The van der Waals surface area contributed by atoms with Gasteiger partial charge in [-0.25, -0.2) is 0 Å². The fourth-order valence-corrected chi connectivity index (χ4v) is 0.438. The smallest absolute Gasteiger partial charge is 0.0390 e. The molecule has 5 heteroatoms. The first-order valence-corrected chi connectivity index (χ1v) is 4.64. The fourth-order valence-electron chi connectivity index (χ4n) is 0.438. The average Bonchev–Trinajstić information content (AvgIpc) is 2.22. The third kappa shape index (κ3) is 32.0. The van der Waals surface area contributed by atoms with Gasteiger partial charge < -0.3 is 0 Å². The van der Waals surface area contributed by atoms with E-state index in [1.807, 2.05) is 13.8 Å². The fraction of sp³-hybridized carbons (Fsp3) is 0.600. The van der Waals surface area contributed by atoms with Gasteiger partial charge in [0.2, 0.25) is 0 Å².